The van der Waals surface area contributed by atoms with Crippen molar-refractivity contribution in [3.8, 4) is 17.4 Å². The van der Waals surface area contributed by atoms with E-state index in [0.717, 1.165) is 17.5 Å². The van der Waals surface area contributed by atoms with E-state index in [-0.39, 0.29) is 11.8 Å². The molecule has 156 valence electrons. The number of nitrogens with two attached hydrogens (primary N) is 1. The third kappa shape index (κ3) is 5.34. The van der Waals surface area contributed by atoms with Crippen molar-refractivity contribution in [2.75, 3.05) is 5.73 Å². The quantitative estimate of drug-likeness (QED) is 0.251. The highest BCUT2D eigenvalue weighted by Crippen LogP contribution is 2.33. The van der Waals surface area contributed by atoms with E-state index in [1.807, 2.05) is 0 Å². The zero-order valence-corrected chi connectivity index (χ0v) is 17.2. The van der Waals surface area contributed by atoms with Crippen molar-refractivity contribution >= 4 is 17.0 Å². The van der Waals surface area contributed by atoms with Gasteiger partial charge >= 0.3 is 0 Å². The Bertz CT molecular complexity index is 955. The number of aromatic amines is 1. The first-order chi connectivity index (χ1) is 14.1. The van der Waals surface area contributed by atoms with Crippen LogP contribution in [0.5, 0.6) is 11.8 Å². The summed E-state index contributed by atoms with van der Waals surface area (Å²) in [7, 11) is 0. The maximum absolute atomic E-state index is 10.6. The third-order valence-electron chi connectivity index (χ3n) is 5.25. The zero-order valence-electron chi connectivity index (χ0n) is 17.2. The van der Waals surface area contributed by atoms with Crippen LogP contribution in [0.15, 0.2) is 36.4 Å². The van der Waals surface area contributed by atoms with Crippen LogP contribution in [-0.4, -0.2) is 24.7 Å². The van der Waals surface area contributed by atoms with Crippen LogP contribution in [0.25, 0.3) is 16.7 Å². The number of fused-ring (bicyclic) bond motifs is 1. The highest BCUT2D eigenvalue weighted by atomic mass is 16.3. The molecular weight excluding hydrogens is 364 g/mol. The minimum atomic E-state index is 0.00446. The van der Waals surface area contributed by atoms with Gasteiger partial charge in [0.1, 0.15) is 0 Å². The Morgan fingerprint density at radius 3 is 2.59 bits per heavy atom. The predicted octanol–water partition coefficient (Wildman–Crippen LogP) is 5.59. The van der Waals surface area contributed by atoms with Crippen LogP contribution >= 0.6 is 0 Å². The number of imidazole rings is 1. The lowest BCUT2D eigenvalue weighted by atomic mass is 10.1. The molecule has 0 aliphatic carbocycles. The topological polar surface area (TPSA) is 100 Å². The van der Waals surface area contributed by atoms with Crippen molar-refractivity contribution in [3.05, 3.63) is 42.0 Å². The molecule has 3 aromatic rings. The summed E-state index contributed by atoms with van der Waals surface area (Å²) in [6, 6.07) is 7.01. The molecule has 2 heterocycles. The molecule has 6 nitrogen and oxygen atoms in total. The summed E-state index contributed by atoms with van der Waals surface area (Å²) in [4.78, 5) is 7.13. The lowest BCUT2D eigenvalue weighted by molar-refractivity contribution is 0.401. The molecule has 0 aliphatic heterocycles. The number of aromatic hydroxyl groups is 2. The van der Waals surface area contributed by atoms with Crippen LogP contribution in [0.4, 0.5) is 5.95 Å². The average Bonchev–Trinajstić information content (AvgIpc) is 3.20. The summed E-state index contributed by atoms with van der Waals surface area (Å²) in [6.07, 6.45) is 15.0. The Hall–Kier alpha value is -2.89. The Kier molecular flexibility index (Phi) is 7.22. The molecule has 0 radical (unpaired) electrons. The van der Waals surface area contributed by atoms with Gasteiger partial charge in [-0.05, 0) is 37.5 Å². The standard InChI is InChI=1S/C23H32N4O2/c1-2-3-4-5-6-7-8-9-10-11-12-17-15-21(28)27(22(17)29)18-13-14-19-20(16-18)26-23(24)25-19/h10-11,13-16,28-29H,2-9,12H2,1H3,(H3,24,25,26)/b11-10+. The monoisotopic (exact) mass is 396 g/mol. The molecule has 0 aliphatic rings. The number of anilines is 1. The number of aromatic nitrogens is 3. The number of nitrogen functional groups attached to an aromatic ring is 1. The number of allylic oxidation sites excluding steroid dienone is 2. The van der Waals surface area contributed by atoms with Crippen molar-refractivity contribution in [1.29, 1.82) is 0 Å². The molecule has 0 spiro atoms. The number of benzene rings is 1. The summed E-state index contributed by atoms with van der Waals surface area (Å²) in [5.41, 5.74) is 8.53. The van der Waals surface area contributed by atoms with E-state index >= 15 is 0 Å². The number of nitrogens with one attached hydrogen (secondary N) is 1. The van der Waals surface area contributed by atoms with Gasteiger partial charge in [0.2, 0.25) is 5.88 Å². The van der Waals surface area contributed by atoms with Gasteiger partial charge in [0.05, 0.1) is 16.7 Å². The molecule has 0 amide bonds. The van der Waals surface area contributed by atoms with E-state index in [9.17, 15) is 10.2 Å². The summed E-state index contributed by atoms with van der Waals surface area (Å²) in [6.45, 7) is 2.24. The summed E-state index contributed by atoms with van der Waals surface area (Å²) in [5, 5.41) is 20.9. The molecule has 29 heavy (non-hydrogen) atoms. The van der Waals surface area contributed by atoms with Crippen LogP contribution in [0, 0.1) is 0 Å². The van der Waals surface area contributed by atoms with E-state index in [1.165, 1.54) is 49.5 Å². The number of rotatable bonds is 11. The minimum absolute atomic E-state index is 0.00446. The van der Waals surface area contributed by atoms with Crippen LogP contribution in [0.3, 0.4) is 0 Å². The number of hydrogen-bond donors (Lipinski definition) is 4. The smallest absolute Gasteiger partial charge is 0.202 e. The van der Waals surface area contributed by atoms with Crippen molar-refractivity contribution in [2.45, 2.75) is 64.7 Å². The summed E-state index contributed by atoms with van der Waals surface area (Å²) < 4.78 is 1.43. The molecule has 2 aromatic heterocycles. The molecule has 1 aromatic carbocycles. The first-order valence-corrected chi connectivity index (χ1v) is 10.6. The first kappa shape index (κ1) is 20.8. The second-order valence-electron chi connectivity index (χ2n) is 7.60. The molecule has 0 bridgehead atoms. The first-order valence-electron chi connectivity index (χ1n) is 10.6. The normalized spacial score (nSPS) is 11.8. The van der Waals surface area contributed by atoms with Crippen molar-refractivity contribution < 1.29 is 10.2 Å². The SMILES string of the molecule is CCCCCCCCC/C=C/Cc1cc(O)n(-c2ccc3nc(N)[nH]c3c2)c1O. The lowest BCUT2D eigenvalue weighted by Gasteiger charge is -2.07. The fraction of sp³-hybridized carbons (Fsp3) is 0.435. The fourth-order valence-corrected chi connectivity index (χ4v) is 3.65. The van der Waals surface area contributed by atoms with Crippen molar-refractivity contribution in [1.82, 2.24) is 14.5 Å². The second-order valence-corrected chi connectivity index (χ2v) is 7.60. The highest BCUT2D eigenvalue weighted by Gasteiger charge is 2.15. The van der Waals surface area contributed by atoms with Gasteiger partial charge in [-0.2, -0.15) is 0 Å². The summed E-state index contributed by atoms with van der Waals surface area (Å²) >= 11 is 0. The van der Waals surface area contributed by atoms with Gasteiger partial charge in [0.25, 0.3) is 0 Å². The molecule has 0 unspecified atom stereocenters. The highest BCUT2D eigenvalue weighted by molar-refractivity contribution is 5.79. The van der Waals surface area contributed by atoms with E-state index < -0.39 is 0 Å². The molecule has 6 heteroatoms. The Balaban J connectivity index is 1.55. The number of H-pyrrole nitrogens is 1. The molecular formula is C23H32N4O2. The van der Waals surface area contributed by atoms with Gasteiger partial charge in [-0.1, -0.05) is 57.6 Å². The molecule has 5 N–H and O–H groups in total. The van der Waals surface area contributed by atoms with E-state index in [0.29, 0.717) is 23.6 Å². The zero-order chi connectivity index (χ0) is 20.6. The van der Waals surface area contributed by atoms with Gasteiger partial charge in [-0.15, -0.1) is 0 Å². The van der Waals surface area contributed by atoms with Gasteiger partial charge in [0.15, 0.2) is 11.8 Å². The molecule has 3 rings (SSSR count). The van der Waals surface area contributed by atoms with Gasteiger partial charge in [0, 0.05) is 11.6 Å². The van der Waals surface area contributed by atoms with Gasteiger partial charge in [-0.25, -0.2) is 4.98 Å². The molecule has 0 atom stereocenters. The van der Waals surface area contributed by atoms with E-state index in [4.69, 9.17) is 5.73 Å². The van der Waals surface area contributed by atoms with Crippen molar-refractivity contribution in [2.24, 2.45) is 0 Å². The number of unbranched alkanes of at least 4 members (excludes halogenated alkanes) is 7. The van der Waals surface area contributed by atoms with Crippen LogP contribution in [0.1, 0.15) is 63.9 Å². The largest absolute Gasteiger partial charge is 0.494 e. The van der Waals surface area contributed by atoms with E-state index in [2.05, 4.69) is 29.0 Å². The van der Waals surface area contributed by atoms with Crippen LogP contribution in [0.2, 0.25) is 0 Å². The lowest BCUT2D eigenvalue weighted by Crippen LogP contribution is -1.93. The van der Waals surface area contributed by atoms with Crippen LogP contribution in [-0.2, 0) is 6.42 Å². The van der Waals surface area contributed by atoms with E-state index in [1.54, 1.807) is 24.3 Å². The maximum Gasteiger partial charge on any atom is 0.202 e. The molecule has 0 saturated carbocycles. The Morgan fingerprint density at radius 1 is 1.03 bits per heavy atom. The van der Waals surface area contributed by atoms with Crippen molar-refractivity contribution in [3.63, 3.8) is 0 Å². The van der Waals surface area contributed by atoms with Crippen LogP contribution < -0.4 is 5.73 Å². The fourth-order valence-electron chi connectivity index (χ4n) is 3.65. The molecule has 0 saturated heterocycles. The second kappa shape index (κ2) is 10.0. The third-order valence-corrected chi connectivity index (χ3v) is 5.25. The minimum Gasteiger partial charge on any atom is -0.494 e. The summed E-state index contributed by atoms with van der Waals surface area (Å²) in [5.74, 6) is 0.393. The number of hydrogen-bond acceptors (Lipinski definition) is 4. The number of nitrogens with zero attached hydrogens (tertiary/aromatic N) is 2. The maximum atomic E-state index is 10.6. The van der Waals surface area contributed by atoms with Gasteiger partial charge in [-0.3, -0.25) is 4.57 Å². The Morgan fingerprint density at radius 2 is 1.79 bits per heavy atom. The predicted molar refractivity (Wildman–Crippen MR) is 119 cm³/mol. The Labute approximate surface area is 172 Å². The van der Waals surface area contributed by atoms with Gasteiger partial charge < -0.3 is 20.9 Å². The molecule has 0 fully saturated rings. The average molecular weight is 397 g/mol.